The van der Waals surface area contributed by atoms with Crippen LogP contribution < -0.4 is 15.6 Å². The molecule has 0 radical (unpaired) electrons. The summed E-state index contributed by atoms with van der Waals surface area (Å²) in [4.78, 5) is 11.6. The Morgan fingerprint density at radius 1 is 1.32 bits per heavy atom. The van der Waals surface area contributed by atoms with Crippen LogP contribution in [-0.4, -0.2) is 13.3 Å². The van der Waals surface area contributed by atoms with Crippen molar-refractivity contribution in [2.45, 2.75) is 0 Å². The van der Waals surface area contributed by atoms with Crippen molar-refractivity contribution in [2.24, 2.45) is 7.05 Å². The minimum Gasteiger partial charge on any atom is -0.349 e. The Hall–Kier alpha value is -1.78. The zero-order chi connectivity index (χ0) is 16.4. The van der Waals surface area contributed by atoms with Gasteiger partial charge in [0.25, 0.3) is 16.8 Å². The van der Waals surface area contributed by atoms with Crippen molar-refractivity contribution in [3.05, 3.63) is 50.9 Å². The molecule has 0 saturated carbocycles. The van der Waals surface area contributed by atoms with Crippen LogP contribution in [0.4, 0.5) is 25.8 Å². The van der Waals surface area contributed by atoms with Gasteiger partial charge in [-0.05, 0) is 18.2 Å². The van der Waals surface area contributed by atoms with Crippen molar-refractivity contribution in [3.8, 4) is 0 Å². The first-order valence-electron chi connectivity index (χ1n) is 5.78. The number of halogens is 3. The topological polar surface area (TPSA) is 83.4 Å². The van der Waals surface area contributed by atoms with Crippen molar-refractivity contribution in [1.29, 1.82) is 0 Å². The maximum Gasteiger partial charge on any atom is 0.288 e. The summed E-state index contributed by atoms with van der Waals surface area (Å²) in [6.45, 7) is 0. The first-order valence-corrected chi connectivity index (χ1v) is 7.68. The fourth-order valence-electron chi connectivity index (χ4n) is 1.72. The average Bonchev–Trinajstić information content (AvgIpc) is 2.42. The van der Waals surface area contributed by atoms with Crippen molar-refractivity contribution in [2.75, 3.05) is 10.0 Å². The van der Waals surface area contributed by atoms with E-state index in [1.54, 1.807) is 0 Å². The van der Waals surface area contributed by atoms with Gasteiger partial charge in [0.05, 0.1) is 11.4 Å². The molecule has 0 aliphatic rings. The largest absolute Gasteiger partial charge is 0.349 e. The molecule has 3 N–H and O–H groups in total. The van der Waals surface area contributed by atoms with Crippen LogP contribution in [0.2, 0.25) is 0 Å². The second kappa shape index (κ2) is 6.55. The molecule has 2 rings (SSSR count). The zero-order valence-corrected chi connectivity index (χ0v) is 13.5. The molecule has 1 unspecified atom stereocenters. The Labute approximate surface area is 134 Å². The van der Waals surface area contributed by atoms with Gasteiger partial charge >= 0.3 is 0 Å². The van der Waals surface area contributed by atoms with Crippen LogP contribution in [0, 0.1) is 11.6 Å². The molecule has 0 saturated heterocycles. The Morgan fingerprint density at radius 2 is 2.00 bits per heavy atom. The molecule has 118 valence electrons. The van der Waals surface area contributed by atoms with Crippen molar-refractivity contribution < 1.29 is 17.5 Å². The quantitative estimate of drug-likeness (QED) is 0.697. The molecule has 2 aromatic rings. The highest BCUT2D eigenvalue weighted by molar-refractivity contribution is 9.10. The molecule has 1 aromatic carbocycles. The maximum absolute atomic E-state index is 14.1. The maximum atomic E-state index is 14.1. The molecule has 0 bridgehead atoms. The molecular formula is C12H10BrF2N3O3S. The third kappa shape index (κ3) is 3.51. The van der Waals surface area contributed by atoms with Crippen LogP contribution in [-0.2, 0) is 18.3 Å². The van der Waals surface area contributed by atoms with Gasteiger partial charge in [0.2, 0.25) is 5.82 Å². The summed E-state index contributed by atoms with van der Waals surface area (Å²) in [5.74, 6) is -1.90. The highest BCUT2D eigenvalue weighted by Crippen LogP contribution is 2.29. The number of nitrogens with one attached hydrogen (secondary N) is 2. The van der Waals surface area contributed by atoms with Crippen molar-refractivity contribution >= 4 is 44.3 Å². The van der Waals surface area contributed by atoms with E-state index in [0.29, 0.717) is 4.47 Å². The molecule has 6 nitrogen and oxygen atoms in total. The Morgan fingerprint density at radius 3 is 2.59 bits per heavy atom. The number of aromatic nitrogens is 1. The minimum atomic E-state index is -2.49. The number of nitrogens with zero attached hydrogens (tertiary/aromatic N) is 1. The summed E-state index contributed by atoms with van der Waals surface area (Å²) >= 11 is 0.593. The lowest BCUT2D eigenvalue weighted by atomic mass is 10.2. The fourth-order valence-corrected chi connectivity index (χ4v) is 2.39. The number of rotatable bonds is 4. The van der Waals surface area contributed by atoms with E-state index in [9.17, 15) is 17.8 Å². The van der Waals surface area contributed by atoms with E-state index < -0.39 is 34.1 Å². The lowest BCUT2D eigenvalue weighted by Crippen LogP contribution is -2.23. The molecule has 0 fully saturated rings. The molecule has 1 atom stereocenters. The van der Waals surface area contributed by atoms with Crippen molar-refractivity contribution in [1.82, 2.24) is 4.57 Å². The van der Waals surface area contributed by atoms with E-state index >= 15 is 0 Å². The average molecular weight is 394 g/mol. The second-order valence-corrected chi connectivity index (χ2v) is 5.87. The van der Waals surface area contributed by atoms with Crippen LogP contribution in [0.15, 0.2) is 33.7 Å². The molecule has 0 amide bonds. The summed E-state index contributed by atoms with van der Waals surface area (Å²) in [6.07, 6.45) is 1.12. The van der Waals surface area contributed by atoms with Crippen LogP contribution in [0.25, 0.3) is 0 Å². The zero-order valence-electron chi connectivity index (χ0n) is 11.1. The van der Waals surface area contributed by atoms with Crippen LogP contribution >= 0.6 is 15.9 Å². The predicted octanol–water partition coefficient (Wildman–Crippen LogP) is 2.72. The van der Waals surface area contributed by atoms with Gasteiger partial charge in [-0.2, -0.15) is 4.39 Å². The first-order chi connectivity index (χ1) is 10.3. The lowest BCUT2D eigenvalue weighted by molar-refractivity contribution is 0.569. The summed E-state index contributed by atoms with van der Waals surface area (Å²) in [5.41, 5.74) is -1.65. The van der Waals surface area contributed by atoms with E-state index in [0.717, 1.165) is 16.8 Å². The monoisotopic (exact) mass is 393 g/mol. The van der Waals surface area contributed by atoms with E-state index in [2.05, 4.69) is 26.0 Å². The number of pyridine rings is 1. The fraction of sp³-hybridized carbons (Fsp3) is 0.0833. The highest BCUT2D eigenvalue weighted by Gasteiger charge is 2.17. The minimum absolute atomic E-state index is 0.0953. The van der Waals surface area contributed by atoms with Crippen LogP contribution in [0.3, 0.4) is 0 Å². The Bertz CT molecular complexity index is 813. The molecule has 0 aliphatic carbocycles. The number of aryl methyl sites for hydroxylation is 1. The smallest absolute Gasteiger partial charge is 0.288 e. The van der Waals surface area contributed by atoms with Crippen molar-refractivity contribution in [3.63, 3.8) is 0 Å². The van der Waals surface area contributed by atoms with Gasteiger partial charge in [-0.3, -0.25) is 14.1 Å². The molecule has 1 heterocycles. The van der Waals surface area contributed by atoms with Gasteiger partial charge < -0.3 is 9.88 Å². The summed E-state index contributed by atoms with van der Waals surface area (Å²) in [5, 5.41) is 2.42. The lowest BCUT2D eigenvalue weighted by Gasteiger charge is -2.14. The molecule has 0 aliphatic heterocycles. The first kappa shape index (κ1) is 16.6. The number of benzene rings is 1. The van der Waals surface area contributed by atoms with Gasteiger partial charge in [0, 0.05) is 17.7 Å². The van der Waals surface area contributed by atoms with Gasteiger partial charge in [-0.15, -0.1) is 0 Å². The normalized spacial score (nSPS) is 12.0. The molecule has 1 aromatic heterocycles. The standard InChI is InChI=1S/C12H10BrF2N3O3S/c1-18-5-9(17-22(20)21)11(10(15)12(18)19)16-8-3-2-6(13)4-7(8)14/h2-5,16-17H,1H3,(H,20,21). The summed E-state index contributed by atoms with van der Waals surface area (Å²) in [7, 11) is 1.28. The molecule has 0 spiro atoms. The predicted molar refractivity (Wildman–Crippen MR) is 83.4 cm³/mol. The SMILES string of the molecule is Cn1cc(NS(=O)O)c(Nc2ccc(Br)cc2F)c(F)c1=O. The van der Waals surface area contributed by atoms with E-state index in [4.69, 9.17) is 4.55 Å². The number of anilines is 3. The van der Waals surface area contributed by atoms with Crippen LogP contribution in [0.1, 0.15) is 0 Å². The number of hydrogen-bond acceptors (Lipinski definition) is 3. The highest BCUT2D eigenvalue weighted by atomic mass is 79.9. The number of hydrogen-bond donors (Lipinski definition) is 3. The van der Waals surface area contributed by atoms with E-state index in [-0.39, 0.29) is 11.4 Å². The van der Waals surface area contributed by atoms with E-state index in [1.807, 2.05) is 0 Å². The molecule has 10 heteroatoms. The van der Waals surface area contributed by atoms with Crippen LogP contribution in [0.5, 0.6) is 0 Å². The third-order valence-electron chi connectivity index (χ3n) is 2.71. The second-order valence-electron chi connectivity index (χ2n) is 4.25. The van der Waals surface area contributed by atoms with Gasteiger partial charge in [0.15, 0.2) is 0 Å². The summed E-state index contributed by atoms with van der Waals surface area (Å²) < 4.78 is 51.1. The molecular weight excluding hydrogens is 384 g/mol. The molecule has 22 heavy (non-hydrogen) atoms. The van der Waals surface area contributed by atoms with Gasteiger partial charge in [-0.1, -0.05) is 15.9 Å². The van der Waals surface area contributed by atoms with E-state index in [1.165, 1.54) is 19.2 Å². The Balaban J connectivity index is 2.55. The van der Waals surface area contributed by atoms with Gasteiger partial charge in [-0.25, -0.2) is 8.60 Å². The van der Waals surface area contributed by atoms with Gasteiger partial charge in [0.1, 0.15) is 11.5 Å². The third-order valence-corrected chi connectivity index (χ3v) is 3.60. The summed E-state index contributed by atoms with van der Waals surface area (Å²) in [6, 6.07) is 4.00. The Kier molecular flexibility index (Phi) is 4.94.